The van der Waals surface area contributed by atoms with Crippen molar-refractivity contribution < 1.29 is 51.4 Å². The fourth-order valence-electron chi connectivity index (χ4n) is 2.84. The molecule has 1 unspecified atom stereocenters. The lowest BCUT2D eigenvalue weighted by Gasteiger charge is -2.30. The summed E-state index contributed by atoms with van der Waals surface area (Å²) >= 11 is 6.28. The van der Waals surface area contributed by atoms with Crippen LogP contribution in [0.3, 0.4) is 0 Å². The van der Waals surface area contributed by atoms with Crippen molar-refractivity contribution in [2.75, 3.05) is 27.1 Å². The smallest absolute Gasteiger partial charge is 0.475 e. The molecule has 9 nitrogen and oxygen atoms in total. The number of hydrogen-bond donors (Lipinski definition) is 1. The van der Waals surface area contributed by atoms with Crippen molar-refractivity contribution in [2.45, 2.75) is 44.9 Å². The zero-order chi connectivity index (χ0) is 25.5. The van der Waals surface area contributed by atoms with Crippen LogP contribution in [0.4, 0.5) is 18.0 Å². The molecule has 1 heterocycles. The van der Waals surface area contributed by atoms with Crippen molar-refractivity contribution in [3.8, 4) is 5.75 Å². The summed E-state index contributed by atoms with van der Waals surface area (Å²) in [5, 5.41) is 0.304. The van der Waals surface area contributed by atoms with Gasteiger partial charge in [0.15, 0.2) is 0 Å². The van der Waals surface area contributed by atoms with Crippen molar-refractivity contribution in [3.63, 3.8) is 0 Å². The molecule has 0 amide bonds. The van der Waals surface area contributed by atoms with Gasteiger partial charge in [-0.15, -0.1) is 0 Å². The van der Waals surface area contributed by atoms with Crippen LogP contribution in [0.25, 0.3) is 6.08 Å². The summed E-state index contributed by atoms with van der Waals surface area (Å²) in [6.07, 6.45) is -7.38. The van der Waals surface area contributed by atoms with Crippen LogP contribution in [0.2, 0.25) is 5.02 Å². The number of rotatable bonds is 9. The third-order valence-corrected chi connectivity index (χ3v) is 4.71. The Balaban J connectivity index is 2.04. The SMILES string of the molecule is CONOCCCOC(=O)OCOC(=O)C1=Cc2cc(Cl)c(C(C)(C)C)cc2OC1C(F)(F)F. The summed E-state index contributed by atoms with van der Waals surface area (Å²) in [5.41, 5.74) is 1.60. The molecule has 1 aromatic rings. The summed E-state index contributed by atoms with van der Waals surface area (Å²) in [5.74, 6) is -1.45. The van der Waals surface area contributed by atoms with Crippen molar-refractivity contribution in [1.82, 2.24) is 5.64 Å². The van der Waals surface area contributed by atoms with Gasteiger partial charge in [0.1, 0.15) is 5.75 Å². The Morgan fingerprint density at radius 3 is 2.44 bits per heavy atom. The Morgan fingerprint density at radius 1 is 1.12 bits per heavy atom. The van der Waals surface area contributed by atoms with Crippen LogP contribution in [0.5, 0.6) is 5.75 Å². The van der Waals surface area contributed by atoms with Gasteiger partial charge in [0.25, 0.3) is 0 Å². The fraction of sp³-hybridized carbons (Fsp3) is 0.524. The fourth-order valence-corrected chi connectivity index (χ4v) is 3.30. The van der Waals surface area contributed by atoms with E-state index in [2.05, 4.69) is 24.7 Å². The molecule has 13 heteroatoms. The van der Waals surface area contributed by atoms with Gasteiger partial charge >= 0.3 is 18.3 Å². The quantitative estimate of drug-likeness (QED) is 0.223. The van der Waals surface area contributed by atoms with E-state index in [0.29, 0.717) is 17.0 Å². The van der Waals surface area contributed by atoms with Crippen LogP contribution in [-0.4, -0.2) is 51.5 Å². The first-order valence-corrected chi connectivity index (χ1v) is 10.4. The molecule has 0 radical (unpaired) electrons. The van der Waals surface area contributed by atoms with Crippen molar-refractivity contribution in [1.29, 1.82) is 0 Å². The monoisotopic (exact) mass is 511 g/mol. The highest BCUT2D eigenvalue weighted by Crippen LogP contribution is 2.42. The largest absolute Gasteiger partial charge is 0.511 e. The minimum absolute atomic E-state index is 0.0716. The normalized spacial score (nSPS) is 15.6. The van der Waals surface area contributed by atoms with Crippen LogP contribution in [0.15, 0.2) is 17.7 Å². The van der Waals surface area contributed by atoms with Crippen LogP contribution in [0.1, 0.15) is 38.3 Å². The molecule has 1 N–H and O–H groups in total. The minimum Gasteiger partial charge on any atom is -0.475 e. The molecule has 0 aliphatic carbocycles. The van der Waals surface area contributed by atoms with Gasteiger partial charge in [-0.3, -0.25) is 9.68 Å². The van der Waals surface area contributed by atoms with E-state index < -0.39 is 42.2 Å². The Hall–Kier alpha value is -2.54. The zero-order valence-corrected chi connectivity index (χ0v) is 19.7. The molecule has 0 saturated carbocycles. The number of halogens is 4. The maximum atomic E-state index is 13.6. The third-order valence-electron chi connectivity index (χ3n) is 4.40. The average Bonchev–Trinajstić information content (AvgIpc) is 2.73. The molecule has 1 aliphatic heterocycles. The van der Waals surface area contributed by atoms with E-state index in [9.17, 15) is 22.8 Å². The second-order valence-corrected chi connectivity index (χ2v) is 8.45. The minimum atomic E-state index is -4.91. The van der Waals surface area contributed by atoms with Crippen LogP contribution in [-0.2, 0) is 34.1 Å². The van der Waals surface area contributed by atoms with E-state index >= 15 is 0 Å². The van der Waals surface area contributed by atoms with E-state index in [1.807, 2.05) is 20.8 Å². The Labute approximate surface area is 198 Å². The summed E-state index contributed by atoms with van der Waals surface area (Å²) in [4.78, 5) is 33.0. The number of alkyl halides is 3. The van der Waals surface area contributed by atoms with E-state index in [4.69, 9.17) is 21.2 Å². The van der Waals surface area contributed by atoms with Crippen LogP contribution < -0.4 is 10.4 Å². The van der Waals surface area contributed by atoms with Crippen LogP contribution in [0, 0.1) is 0 Å². The van der Waals surface area contributed by atoms with Gasteiger partial charge in [-0.2, -0.15) is 13.2 Å². The summed E-state index contributed by atoms with van der Waals surface area (Å²) in [7, 11) is 1.35. The molecule has 1 aromatic carbocycles. The highest BCUT2D eigenvalue weighted by molar-refractivity contribution is 6.31. The summed E-state index contributed by atoms with van der Waals surface area (Å²) in [6, 6.07) is 2.83. The van der Waals surface area contributed by atoms with Gasteiger partial charge in [-0.25, -0.2) is 9.59 Å². The topological polar surface area (TPSA) is 102 Å². The molecule has 0 fully saturated rings. The second-order valence-electron chi connectivity index (χ2n) is 8.04. The number of hydrogen-bond acceptors (Lipinski definition) is 9. The Kier molecular flexibility index (Phi) is 9.56. The molecule has 1 aliphatic rings. The molecular formula is C21H25ClF3NO8. The molecule has 0 aromatic heterocycles. The first kappa shape index (κ1) is 27.7. The number of fused-ring (bicyclic) bond motifs is 1. The van der Waals surface area contributed by atoms with E-state index in [1.54, 1.807) is 0 Å². The van der Waals surface area contributed by atoms with Gasteiger partial charge in [-0.1, -0.05) is 38.0 Å². The predicted octanol–water partition coefficient (Wildman–Crippen LogP) is 4.47. The molecule has 0 bridgehead atoms. The number of nitrogens with one attached hydrogen (secondary N) is 1. The van der Waals surface area contributed by atoms with E-state index in [0.717, 1.165) is 6.08 Å². The van der Waals surface area contributed by atoms with E-state index in [-0.39, 0.29) is 24.5 Å². The maximum absolute atomic E-state index is 13.6. The average molecular weight is 512 g/mol. The summed E-state index contributed by atoms with van der Waals surface area (Å²) < 4.78 is 59.9. The Morgan fingerprint density at radius 2 is 1.82 bits per heavy atom. The van der Waals surface area contributed by atoms with Crippen LogP contribution >= 0.6 is 11.6 Å². The lowest BCUT2D eigenvalue weighted by atomic mass is 9.85. The molecule has 1 atom stereocenters. The molecule has 0 saturated heterocycles. The molecule has 2 rings (SSSR count). The Bertz CT molecular complexity index is 915. The number of benzene rings is 1. The van der Waals surface area contributed by atoms with Crippen molar-refractivity contribution >= 4 is 29.8 Å². The predicted molar refractivity (Wildman–Crippen MR) is 113 cm³/mol. The highest BCUT2D eigenvalue weighted by Gasteiger charge is 2.49. The number of carbonyl (C=O) groups is 2. The van der Waals surface area contributed by atoms with Crippen molar-refractivity contribution in [2.24, 2.45) is 0 Å². The molecule has 0 spiro atoms. The second kappa shape index (κ2) is 11.7. The van der Waals surface area contributed by atoms with Gasteiger partial charge < -0.3 is 18.9 Å². The van der Waals surface area contributed by atoms with Crippen molar-refractivity contribution in [3.05, 3.63) is 33.9 Å². The molecule has 34 heavy (non-hydrogen) atoms. The standard InChI is InChI=1S/C21H25ClF3NO8/c1-20(2,3)14-10-16-12(9-15(14)22)8-13(17(34-16)21(23,24)25)18(27)31-11-32-19(28)30-6-5-7-33-26-29-4/h8-10,17,26H,5-7,11H2,1-4H3. The lowest BCUT2D eigenvalue weighted by molar-refractivity contribution is -0.189. The number of esters is 1. The zero-order valence-electron chi connectivity index (χ0n) is 18.9. The van der Waals surface area contributed by atoms with Gasteiger partial charge in [0.05, 0.1) is 25.9 Å². The van der Waals surface area contributed by atoms with E-state index in [1.165, 1.54) is 19.2 Å². The first-order valence-electron chi connectivity index (χ1n) is 10.00. The highest BCUT2D eigenvalue weighted by atomic mass is 35.5. The third kappa shape index (κ3) is 7.76. The summed E-state index contributed by atoms with van der Waals surface area (Å²) in [6.45, 7) is 4.66. The maximum Gasteiger partial charge on any atom is 0.511 e. The molecule has 190 valence electrons. The van der Waals surface area contributed by atoms with Gasteiger partial charge in [0, 0.05) is 17.0 Å². The lowest BCUT2D eigenvalue weighted by Crippen LogP contribution is -2.41. The van der Waals surface area contributed by atoms with Gasteiger partial charge in [0.2, 0.25) is 12.9 Å². The van der Waals surface area contributed by atoms with Gasteiger partial charge in [-0.05, 0) is 29.2 Å². The number of ether oxygens (including phenoxy) is 4. The first-order chi connectivity index (χ1) is 15.8. The molecular weight excluding hydrogens is 487 g/mol. The number of carbonyl (C=O) groups excluding carboxylic acids is 2.